The summed E-state index contributed by atoms with van der Waals surface area (Å²) < 4.78 is 0. The van der Waals surface area contributed by atoms with Gasteiger partial charge in [-0.25, -0.2) is 9.97 Å². The summed E-state index contributed by atoms with van der Waals surface area (Å²) in [7, 11) is 0. The van der Waals surface area contributed by atoms with Crippen LogP contribution in [0.15, 0.2) is 249 Å². The summed E-state index contributed by atoms with van der Waals surface area (Å²) in [5, 5.41) is 0. The zero-order chi connectivity index (χ0) is 40.8. The van der Waals surface area contributed by atoms with E-state index in [1.807, 2.05) is 24.3 Å². The zero-order valence-electron chi connectivity index (χ0n) is 33.5. The van der Waals surface area contributed by atoms with Crippen molar-refractivity contribution < 1.29 is 0 Å². The molecule has 288 valence electrons. The van der Waals surface area contributed by atoms with Gasteiger partial charge in [0.1, 0.15) is 0 Å². The smallest absolute Gasteiger partial charge is 0.160 e. The predicted octanol–water partition coefficient (Wildman–Crippen LogP) is 15.6. The Morgan fingerprint density at radius 1 is 0.213 bits per heavy atom. The maximum absolute atomic E-state index is 5.08. The Hall–Kier alpha value is -8.14. The molecular formula is C58H41N3. The molecule has 0 amide bonds. The number of hydrogen-bond acceptors (Lipinski definition) is 3. The summed E-state index contributed by atoms with van der Waals surface area (Å²) in [4.78, 5) is 12.4. The van der Waals surface area contributed by atoms with E-state index in [1.54, 1.807) is 0 Å². The van der Waals surface area contributed by atoms with Crippen molar-refractivity contribution in [2.24, 2.45) is 0 Å². The Kier molecular flexibility index (Phi) is 10.3. The molecule has 0 unspecified atom stereocenters. The molecule has 0 N–H and O–H groups in total. The maximum atomic E-state index is 5.08. The number of benzene rings is 9. The van der Waals surface area contributed by atoms with Crippen LogP contribution in [0.2, 0.25) is 0 Å². The van der Waals surface area contributed by atoms with E-state index in [4.69, 9.17) is 9.97 Å². The van der Waals surface area contributed by atoms with E-state index < -0.39 is 0 Å². The van der Waals surface area contributed by atoms with Gasteiger partial charge >= 0.3 is 0 Å². The lowest BCUT2D eigenvalue weighted by molar-refractivity contribution is 1.18. The fourth-order valence-corrected chi connectivity index (χ4v) is 7.90. The normalized spacial score (nSPS) is 11.0. The van der Waals surface area contributed by atoms with Gasteiger partial charge in [0.05, 0.1) is 11.4 Å². The van der Waals surface area contributed by atoms with Gasteiger partial charge in [-0.15, -0.1) is 0 Å². The van der Waals surface area contributed by atoms with Crippen LogP contribution in [-0.4, -0.2) is 9.97 Å². The molecule has 10 aromatic rings. The van der Waals surface area contributed by atoms with E-state index in [-0.39, 0.29) is 0 Å². The highest BCUT2D eigenvalue weighted by Crippen LogP contribution is 2.38. The minimum atomic E-state index is 0.703. The third-order valence-corrected chi connectivity index (χ3v) is 11.1. The highest BCUT2D eigenvalue weighted by molar-refractivity contribution is 5.81. The third-order valence-electron chi connectivity index (χ3n) is 11.1. The van der Waals surface area contributed by atoms with Crippen molar-refractivity contribution in [3.05, 3.63) is 249 Å². The number of para-hydroxylation sites is 1. The van der Waals surface area contributed by atoms with Gasteiger partial charge in [0.2, 0.25) is 0 Å². The molecule has 1 heterocycles. The van der Waals surface area contributed by atoms with Gasteiger partial charge in [-0.3, -0.25) is 0 Å². The van der Waals surface area contributed by atoms with E-state index in [0.717, 1.165) is 56.3 Å². The van der Waals surface area contributed by atoms with E-state index in [2.05, 4.69) is 229 Å². The molecule has 0 saturated heterocycles. The molecule has 3 nitrogen and oxygen atoms in total. The first-order chi connectivity index (χ1) is 30.2. The van der Waals surface area contributed by atoms with Crippen LogP contribution < -0.4 is 4.90 Å². The monoisotopic (exact) mass is 779 g/mol. The maximum Gasteiger partial charge on any atom is 0.160 e. The van der Waals surface area contributed by atoms with Gasteiger partial charge in [-0.1, -0.05) is 200 Å². The number of anilines is 3. The standard InChI is InChI=1S/C58H41N3/c1-5-14-42(15-6-1)44-24-28-48(29-25-44)56-41-57(60-58(59-56)50-18-9-3-10-19-50)49-30-26-45(27-31-49)46-32-36-54(37-33-46)61(53-22-11-4-12-23-53)55-38-34-47(35-39-55)52-21-13-20-51(40-52)43-16-7-2-8-17-43/h1-41H. The predicted molar refractivity (Wildman–Crippen MR) is 255 cm³/mol. The van der Waals surface area contributed by atoms with Crippen molar-refractivity contribution in [3.8, 4) is 78.4 Å². The summed E-state index contributed by atoms with van der Waals surface area (Å²) in [5.74, 6) is 0.703. The average Bonchev–Trinajstić information content (AvgIpc) is 3.36. The Bertz CT molecular complexity index is 3000. The van der Waals surface area contributed by atoms with Gasteiger partial charge in [-0.05, 0) is 93.0 Å². The van der Waals surface area contributed by atoms with Gasteiger partial charge in [0, 0.05) is 33.8 Å². The molecule has 0 bridgehead atoms. The first-order valence-corrected chi connectivity index (χ1v) is 20.6. The quantitative estimate of drug-likeness (QED) is 0.138. The highest BCUT2D eigenvalue weighted by Gasteiger charge is 2.15. The largest absolute Gasteiger partial charge is 0.311 e. The molecule has 0 radical (unpaired) electrons. The minimum Gasteiger partial charge on any atom is -0.311 e. The molecule has 0 saturated carbocycles. The fraction of sp³-hybridized carbons (Fsp3) is 0. The minimum absolute atomic E-state index is 0.703. The summed E-state index contributed by atoms with van der Waals surface area (Å²) in [6, 6.07) is 87.6. The summed E-state index contributed by atoms with van der Waals surface area (Å²) in [6.07, 6.45) is 0. The van der Waals surface area contributed by atoms with Crippen LogP contribution >= 0.6 is 0 Å². The van der Waals surface area contributed by atoms with Crippen molar-refractivity contribution >= 4 is 17.1 Å². The van der Waals surface area contributed by atoms with Gasteiger partial charge in [-0.2, -0.15) is 0 Å². The summed E-state index contributed by atoms with van der Waals surface area (Å²) in [6.45, 7) is 0. The molecule has 0 spiro atoms. The van der Waals surface area contributed by atoms with Crippen LogP contribution in [0.5, 0.6) is 0 Å². The lowest BCUT2D eigenvalue weighted by Gasteiger charge is -2.26. The average molecular weight is 780 g/mol. The second-order valence-corrected chi connectivity index (χ2v) is 15.1. The molecule has 61 heavy (non-hydrogen) atoms. The molecule has 0 aliphatic carbocycles. The van der Waals surface area contributed by atoms with Crippen LogP contribution in [0.1, 0.15) is 0 Å². The topological polar surface area (TPSA) is 29.0 Å². The lowest BCUT2D eigenvalue weighted by atomic mass is 9.99. The summed E-state index contributed by atoms with van der Waals surface area (Å²) in [5.41, 5.74) is 17.6. The zero-order valence-corrected chi connectivity index (χ0v) is 33.5. The molecular weight excluding hydrogens is 739 g/mol. The van der Waals surface area contributed by atoms with E-state index in [0.29, 0.717) is 5.82 Å². The first kappa shape index (κ1) is 37.2. The molecule has 9 aromatic carbocycles. The van der Waals surface area contributed by atoms with E-state index in [1.165, 1.54) is 33.4 Å². The van der Waals surface area contributed by atoms with Crippen molar-refractivity contribution in [1.82, 2.24) is 9.97 Å². The third kappa shape index (κ3) is 8.14. The lowest BCUT2D eigenvalue weighted by Crippen LogP contribution is -2.09. The molecule has 3 heteroatoms. The van der Waals surface area contributed by atoms with Crippen molar-refractivity contribution in [3.63, 3.8) is 0 Å². The number of rotatable bonds is 10. The SMILES string of the molecule is c1ccc(-c2ccc(-c3cc(-c4ccc(-c5ccc(N(c6ccccc6)c6ccc(-c7cccc(-c8ccccc8)c7)cc6)cc5)cc4)nc(-c4ccccc4)n3)cc2)cc1. The highest BCUT2D eigenvalue weighted by atomic mass is 15.1. The molecule has 0 aliphatic rings. The fourth-order valence-electron chi connectivity index (χ4n) is 7.90. The van der Waals surface area contributed by atoms with Crippen LogP contribution in [0.4, 0.5) is 17.1 Å². The molecule has 0 aliphatic heterocycles. The number of nitrogens with zero attached hydrogens (tertiary/aromatic N) is 3. The first-order valence-electron chi connectivity index (χ1n) is 20.6. The number of aromatic nitrogens is 2. The number of hydrogen-bond donors (Lipinski definition) is 0. The Morgan fingerprint density at radius 2 is 0.508 bits per heavy atom. The molecule has 0 fully saturated rings. The molecule has 1 aromatic heterocycles. The van der Waals surface area contributed by atoms with Crippen molar-refractivity contribution in [1.29, 1.82) is 0 Å². The second kappa shape index (κ2) is 17.0. The summed E-state index contributed by atoms with van der Waals surface area (Å²) >= 11 is 0. The van der Waals surface area contributed by atoms with E-state index in [9.17, 15) is 0 Å². The second-order valence-electron chi connectivity index (χ2n) is 15.1. The Morgan fingerprint density at radius 3 is 0.951 bits per heavy atom. The Labute approximate surface area is 357 Å². The van der Waals surface area contributed by atoms with Crippen molar-refractivity contribution in [2.45, 2.75) is 0 Å². The van der Waals surface area contributed by atoms with E-state index >= 15 is 0 Å². The van der Waals surface area contributed by atoms with Crippen LogP contribution in [0.3, 0.4) is 0 Å². The van der Waals surface area contributed by atoms with Crippen LogP contribution in [0.25, 0.3) is 78.4 Å². The van der Waals surface area contributed by atoms with Gasteiger partial charge in [0.25, 0.3) is 0 Å². The molecule has 10 rings (SSSR count). The molecule has 0 atom stereocenters. The van der Waals surface area contributed by atoms with Crippen LogP contribution in [-0.2, 0) is 0 Å². The Balaban J connectivity index is 0.925. The van der Waals surface area contributed by atoms with Gasteiger partial charge in [0.15, 0.2) is 5.82 Å². The van der Waals surface area contributed by atoms with Crippen molar-refractivity contribution in [2.75, 3.05) is 4.90 Å². The van der Waals surface area contributed by atoms with Crippen LogP contribution in [0, 0.1) is 0 Å². The van der Waals surface area contributed by atoms with Gasteiger partial charge < -0.3 is 4.90 Å².